The number of aromatic nitrogens is 2. The second-order valence-corrected chi connectivity index (χ2v) is 7.33. The second kappa shape index (κ2) is 9.09. The Kier molecular flexibility index (Phi) is 6.47. The standard InChI is InChI=1S/C23H22F2N4O3/c1-15-13-22(27-28(15)14-18-5-9-20(10-6-18)29(30)31)17(3)26-16(2)19-7-11-21(12-8-19)32-23(4,24)25/h5-13H,2,14H2,1,3-4H3/b26-17+. The summed E-state index contributed by atoms with van der Waals surface area (Å²) in [7, 11) is 0. The Morgan fingerprint density at radius 3 is 2.41 bits per heavy atom. The number of non-ortho nitro benzene ring substituents is 1. The fraction of sp³-hybridized carbons (Fsp3) is 0.217. The number of nitrogens with zero attached hydrogens (tertiary/aromatic N) is 4. The first kappa shape index (κ1) is 22.8. The van der Waals surface area contributed by atoms with Crippen LogP contribution in [0.1, 0.15) is 36.4 Å². The van der Waals surface area contributed by atoms with Crippen molar-refractivity contribution in [2.75, 3.05) is 0 Å². The number of nitro benzene ring substituents is 1. The quantitative estimate of drug-likeness (QED) is 0.259. The van der Waals surface area contributed by atoms with E-state index in [4.69, 9.17) is 0 Å². The normalized spacial score (nSPS) is 12.0. The summed E-state index contributed by atoms with van der Waals surface area (Å²) in [5, 5.41) is 15.4. The molecule has 0 N–H and O–H groups in total. The van der Waals surface area contributed by atoms with Crippen LogP contribution in [0.15, 0.2) is 66.2 Å². The first-order chi connectivity index (χ1) is 15.0. The van der Waals surface area contributed by atoms with Crippen LogP contribution in [0.2, 0.25) is 0 Å². The fourth-order valence-electron chi connectivity index (χ4n) is 2.99. The van der Waals surface area contributed by atoms with Crippen molar-refractivity contribution in [3.8, 4) is 5.75 Å². The number of nitro groups is 1. The molecular formula is C23H22F2N4O3. The minimum Gasteiger partial charge on any atom is -0.433 e. The van der Waals surface area contributed by atoms with E-state index in [0.29, 0.717) is 36.1 Å². The van der Waals surface area contributed by atoms with Gasteiger partial charge in [-0.05, 0) is 55.3 Å². The smallest absolute Gasteiger partial charge is 0.394 e. The van der Waals surface area contributed by atoms with Gasteiger partial charge in [-0.3, -0.25) is 19.8 Å². The van der Waals surface area contributed by atoms with Crippen molar-refractivity contribution in [1.82, 2.24) is 9.78 Å². The van der Waals surface area contributed by atoms with Gasteiger partial charge in [-0.15, -0.1) is 0 Å². The number of halogens is 2. The van der Waals surface area contributed by atoms with Crippen molar-refractivity contribution < 1.29 is 18.4 Å². The average molecular weight is 440 g/mol. The maximum atomic E-state index is 13.0. The highest BCUT2D eigenvalue weighted by Gasteiger charge is 2.23. The molecule has 0 amide bonds. The monoisotopic (exact) mass is 440 g/mol. The number of hydrogen-bond donors (Lipinski definition) is 0. The third-order valence-electron chi connectivity index (χ3n) is 4.62. The van der Waals surface area contributed by atoms with Gasteiger partial charge in [0.2, 0.25) is 0 Å². The third kappa shape index (κ3) is 5.84. The largest absolute Gasteiger partial charge is 0.433 e. The van der Waals surface area contributed by atoms with Crippen molar-refractivity contribution >= 4 is 17.1 Å². The Morgan fingerprint density at radius 1 is 1.22 bits per heavy atom. The molecule has 0 bridgehead atoms. The molecule has 0 unspecified atom stereocenters. The van der Waals surface area contributed by atoms with Gasteiger partial charge in [0.05, 0.1) is 22.9 Å². The maximum absolute atomic E-state index is 13.0. The molecule has 0 spiro atoms. The van der Waals surface area contributed by atoms with Crippen LogP contribution in [0.4, 0.5) is 14.5 Å². The summed E-state index contributed by atoms with van der Waals surface area (Å²) in [5.41, 5.74) is 4.25. The Bertz CT molecular complexity index is 1160. The number of benzene rings is 2. The molecule has 1 heterocycles. The molecular weight excluding hydrogens is 418 g/mol. The van der Waals surface area contributed by atoms with E-state index in [-0.39, 0.29) is 11.4 Å². The zero-order valence-electron chi connectivity index (χ0n) is 17.9. The van der Waals surface area contributed by atoms with E-state index in [0.717, 1.165) is 11.3 Å². The molecule has 0 aliphatic rings. The van der Waals surface area contributed by atoms with Crippen molar-refractivity contribution in [1.29, 1.82) is 0 Å². The first-order valence-corrected chi connectivity index (χ1v) is 9.71. The van der Waals surface area contributed by atoms with Crippen LogP contribution in [-0.2, 0) is 6.54 Å². The van der Waals surface area contributed by atoms with Crippen LogP contribution in [-0.4, -0.2) is 26.5 Å². The van der Waals surface area contributed by atoms with Gasteiger partial charge in [0.1, 0.15) is 11.4 Å². The van der Waals surface area contributed by atoms with Gasteiger partial charge in [0, 0.05) is 24.8 Å². The van der Waals surface area contributed by atoms with Crippen LogP contribution in [0.25, 0.3) is 5.70 Å². The van der Waals surface area contributed by atoms with Gasteiger partial charge in [-0.1, -0.05) is 18.7 Å². The van der Waals surface area contributed by atoms with Gasteiger partial charge in [0.15, 0.2) is 0 Å². The average Bonchev–Trinajstić information content (AvgIpc) is 3.08. The molecule has 0 aliphatic heterocycles. The van der Waals surface area contributed by atoms with Gasteiger partial charge in [-0.25, -0.2) is 0 Å². The van der Waals surface area contributed by atoms with E-state index >= 15 is 0 Å². The number of aryl methyl sites for hydroxylation is 1. The summed E-state index contributed by atoms with van der Waals surface area (Å²) in [6.45, 7) is 8.80. The predicted octanol–water partition coefficient (Wildman–Crippen LogP) is 5.62. The Balaban J connectivity index is 1.72. The SMILES string of the molecule is C=C(/N=C(\C)c1cc(C)n(Cc2ccc([N+](=O)[O-])cc2)n1)c1ccc(OC(C)(F)F)cc1. The molecule has 32 heavy (non-hydrogen) atoms. The van der Waals surface area contributed by atoms with Crippen molar-refractivity contribution in [3.05, 3.63) is 93.8 Å². The van der Waals surface area contributed by atoms with Crippen LogP contribution in [0.3, 0.4) is 0 Å². The molecule has 0 radical (unpaired) electrons. The zero-order chi connectivity index (χ0) is 23.5. The lowest BCUT2D eigenvalue weighted by Crippen LogP contribution is -2.18. The van der Waals surface area contributed by atoms with Crippen LogP contribution in [0.5, 0.6) is 5.75 Å². The molecule has 3 aromatic rings. The summed E-state index contributed by atoms with van der Waals surface area (Å²) in [6.07, 6.45) is -3.25. The van der Waals surface area contributed by atoms with Gasteiger partial charge in [0.25, 0.3) is 5.69 Å². The lowest BCUT2D eigenvalue weighted by molar-refractivity contribution is -0.384. The van der Waals surface area contributed by atoms with E-state index in [2.05, 4.69) is 21.4 Å². The summed E-state index contributed by atoms with van der Waals surface area (Å²) >= 11 is 0. The zero-order valence-corrected chi connectivity index (χ0v) is 17.9. The van der Waals surface area contributed by atoms with Gasteiger partial charge >= 0.3 is 6.11 Å². The van der Waals surface area contributed by atoms with Crippen LogP contribution < -0.4 is 4.74 Å². The molecule has 7 nitrogen and oxygen atoms in total. The molecule has 9 heteroatoms. The van der Waals surface area contributed by atoms with E-state index in [9.17, 15) is 18.9 Å². The highest BCUT2D eigenvalue weighted by molar-refractivity contribution is 6.00. The van der Waals surface area contributed by atoms with Crippen LogP contribution in [0, 0.1) is 17.0 Å². The summed E-state index contributed by atoms with van der Waals surface area (Å²) < 4.78 is 32.2. The predicted molar refractivity (Wildman–Crippen MR) is 118 cm³/mol. The molecule has 0 atom stereocenters. The Hall–Kier alpha value is -3.88. The number of hydrogen-bond acceptors (Lipinski definition) is 5. The fourth-order valence-corrected chi connectivity index (χ4v) is 2.99. The highest BCUT2D eigenvalue weighted by atomic mass is 19.3. The second-order valence-electron chi connectivity index (χ2n) is 7.33. The number of aliphatic imine (C=N–C) groups is 1. The third-order valence-corrected chi connectivity index (χ3v) is 4.62. The Morgan fingerprint density at radius 2 is 1.84 bits per heavy atom. The molecule has 0 aliphatic carbocycles. The maximum Gasteiger partial charge on any atom is 0.394 e. The van der Waals surface area contributed by atoms with Crippen molar-refractivity contribution in [2.24, 2.45) is 4.99 Å². The van der Waals surface area contributed by atoms with E-state index < -0.39 is 11.0 Å². The van der Waals surface area contributed by atoms with E-state index in [1.54, 1.807) is 35.9 Å². The molecule has 0 saturated carbocycles. The summed E-state index contributed by atoms with van der Waals surface area (Å²) in [6, 6.07) is 14.3. The molecule has 0 saturated heterocycles. The first-order valence-electron chi connectivity index (χ1n) is 9.71. The highest BCUT2D eigenvalue weighted by Crippen LogP contribution is 2.24. The van der Waals surface area contributed by atoms with E-state index in [1.807, 2.05) is 13.0 Å². The minimum absolute atomic E-state index is 0.0381. The minimum atomic E-state index is -3.25. The molecule has 1 aromatic heterocycles. The van der Waals surface area contributed by atoms with Crippen LogP contribution >= 0.6 is 0 Å². The lowest BCUT2D eigenvalue weighted by Gasteiger charge is -2.13. The van der Waals surface area contributed by atoms with Crippen molar-refractivity contribution in [2.45, 2.75) is 33.4 Å². The summed E-state index contributed by atoms with van der Waals surface area (Å²) in [4.78, 5) is 14.9. The van der Waals surface area contributed by atoms with Crippen molar-refractivity contribution in [3.63, 3.8) is 0 Å². The number of ether oxygens (including phenoxy) is 1. The molecule has 3 rings (SSSR count). The molecule has 0 fully saturated rings. The van der Waals surface area contributed by atoms with E-state index in [1.165, 1.54) is 24.3 Å². The van der Waals surface area contributed by atoms with Gasteiger partial charge < -0.3 is 4.74 Å². The topological polar surface area (TPSA) is 82.5 Å². The Labute approximate surface area is 183 Å². The summed E-state index contributed by atoms with van der Waals surface area (Å²) in [5.74, 6) is 0.0513. The molecule has 166 valence electrons. The molecule has 2 aromatic carbocycles. The lowest BCUT2D eigenvalue weighted by atomic mass is 10.1. The number of rotatable bonds is 8. The van der Waals surface area contributed by atoms with Gasteiger partial charge in [-0.2, -0.15) is 13.9 Å². The number of alkyl halides is 2.